The third kappa shape index (κ3) is 5.74. The van der Waals surface area contributed by atoms with E-state index in [1.807, 2.05) is 30.3 Å². The number of para-hydroxylation sites is 1. The molecule has 1 unspecified atom stereocenters. The van der Waals surface area contributed by atoms with Crippen molar-refractivity contribution >= 4 is 11.6 Å². The summed E-state index contributed by atoms with van der Waals surface area (Å²) in [7, 11) is 0. The number of nitrogens with one attached hydrogen (secondary N) is 2. The lowest BCUT2D eigenvalue weighted by Crippen LogP contribution is -2.43. The van der Waals surface area contributed by atoms with Crippen molar-refractivity contribution in [1.29, 1.82) is 5.26 Å². The molecule has 1 aliphatic heterocycles. The Bertz CT molecular complexity index is 868. The van der Waals surface area contributed by atoms with Crippen LogP contribution in [-0.2, 0) is 4.79 Å². The van der Waals surface area contributed by atoms with Gasteiger partial charge in [0.25, 0.3) is 5.91 Å². The molecule has 0 spiro atoms. The van der Waals surface area contributed by atoms with Gasteiger partial charge in [-0.25, -0.2) is 0 Å². The normalized spacial score (nSPS) is 14.8. The first-order valence-corrected chi connectivity index (χ1v) is 10.5. The zero-order valence-electron chi connectivity index (χ0n) is 17.7. The molecule has 1 atom stereocenters. The van der Waals surface area contributed by atoms with Gasteiger partial charge in [-0.15, -0.1) is 0 Å². The van der Waals surface area contributed by atoms with Crippen LogP contribution in [0.1, 0.15) is 20.3 Å². The summed E-state index contributed by atoms with van der Waals surface area (Å²) in [6, 6.07) is 18.2. The van der Waals surface area contributed by atoms with Gasteiger partial charge < -0.3 is 20.3 Å². The Morgan fingerprint density at radius 1 is 1.17 bits per heavy atom. The summed E-state index contributed by atoms with van der Waals surface area (Å²) in [5.41, 5.74) is 3.21. The van der Waals surface area contributed by atoms with E-state index in [0.717, 1.165) is 37.3 Å². The smallest absolute Gasteiger partial charge is 0.261 e. The first-order chi connectivity index (χ1) is 14.6. The van der Waals surface area contributed by atoms with Crippen LogP contribution >= 0.6 is 0 Å². The third-order valence-electron chi connectivity index (χ3n) is 5.14. The second-order valence-corrected chi connectivity index (χ2v) is 7.89. The second-order valence-electron chi connectivity index (χ2n) is 7.89. The summed E-state index contributed by atoms with van der Waals surface area (Å²) < 4.78 is 6.18. The number of benzene rings is 2. The van der Waals surface area contributed by atoms with Crippen molar-refractivity contribution in [1.82, 2.24) is 10.6 Å². The van der Waals surface area contributed by atoms with E-state index in [1.165, 1.54) is 5.69 Å². The lowest BCUT2D eigenvalue weighted by Gasteiger charge is -2.29. The molecule has 158 valence electrons. The quantitative estimate of drug-likeness (QED) is 0.659. The van der Waals surface area contributed by atoms with Crippen LogP contribution in [0.15, 0.2) is 48.5 Å². The maximum absolute atomic E-state index is 12.5. The van der Waals surface area contributed by atoms with Crippen molar-refractivity contribution < 1.29 is 9.53 Å². The van der Waals surface area contributed by atoms with Crippen LogP contribution in [0, 0.1) is 17.2 Å². The van der Waals surface area contributed by atoms with Gasteiger partial charge in [-0.3, -0.25) is 4.79 Å². The zero-order chi connectivity index (χ0) is 21.3. The Hall–Kier alpha value is -3.04. The summed E-state index contributed by atoms with van der Waals surface area (Å²) in [6.45, 7) is 8.10. The monoisotopic (exact) mass is 406 g/mol. The minimum atomic E-state index is -0.639. The van der Waals surface area contributed by atoms with E-state index in [9.17, 15) is 4.79 Å². The molecule has 2 aromatic rings. The summed E-state index contributed by atoms with van der Waals surface area (Å²) in [4.78, 5) is 14.9. The van der Waals surface area contributed by atoms with Crippen molar-refractivity contribution in [2.75, 3.05) is 37.6 Å². The highest BCUT2D eigenvalue weighted by molar-refractivity contribution is 5.82. The number of hydrogen-bond donors (Lipinski definition) is 2. The van der Waals surface area contributed by atoms with Gasteiger partial charge in [0.15, 0.2) is 6.10 Å². The number of carbonyl (C=O) groups is 1. The Kier molecular flexibility index (Phi) is 7.69. The van der Waals surface area contributed by atoms with Crippen molar-refractivity contribution in [3.63, 3.8) is 0 Å². The molecule has 0 radical (unpaired) electrons. The van der Waals surface area contributed by atoms with Gasteiger partial charge in [-0.2, -0.15) is 5.26 Å². The number of nitrogens with zero attached hydrogens (tertiary/aromatic N) is 2. The second kappa shape index (κ2) is 10.7. The highest BCUT2D eigenvalue weighted by Crippen LogP contribution is 2.32. The van der Waals surface area contributed by atoms with Crippen LogP contribution in [0.4, 0.5) is 5.69 Å². The van der Waals surface area contributed by atoms with E-state index < -0.39 is 6.10 Å². The number of carbonyl (C=O) groups excluding carboxylic acids is 1. The minimum absolute atomic E-state index is 0.0219. The average molecular weight is 407 g/mol. The maximum atomic E-state index is 12.5. The van der Waals surface area contributed by atoms with E-state index in [4.69, 9.17) is 10.00 Å². The van der Waals surface area contributed by atoms with Gasteiger partial charge >= 0.3 is 0 Å². The molecule has 1 heterocycles. The number of amides is 1. The molecule has 6 heteroatoms. The molecular weight excluding hydrogens is 376 g/mol. The molecule has 0 bridgehead atoms. The van der Waals surface area contributed by atoms with Gasteiger partial charge in [0.2, 0.25) is 0 Å². The Morgan fingerprint density at radius 3 is 2.53 bits per heavy atom. The summed E-state index contributed by atoms with van der Waals surface area (Å²) in [6.07, 6.45) is -0.0623. The molecular formula is C24H30N4O2. The molecule has 1 saturated heterocycles. The van der Waals surface area contributed by atoms with E-state index >= 15 is 0 Å². The van der Waals surface area contributed by atoms with Crippen LogP contribution in [-0.4, -0.2) is 44.7 Å². The maximum Gasteiger partial charge on any atom is 0.261 e. The largest absolute Gasteiger partial charge is 0.480 e. The molecule has 2 N–H and O–H groups in total. The highest BCUT2D eigenvalue weighted by Gasteiger charge is 2.23. The van der Waals surface area contributed by atoms with Gasteiger partial charge in [-0.1, -0.05) is 44.2 Å². The summed E-state index contributed by atoms with van der Waals surface area (Å²) in [5.74, 6) is 0.701. The number of rotatable bonds is 8. The molecule has 2 aromatic carbocycles. The fourth-order valence-electron chi connectivity index (χ4n) is 3.61. The standard InChI is InChI=1S/C24H30N4O2/c1-18(2)17-23(24(29)27-12-11-25)30-22-6-4-3-5-21(22)19-7-9-20(10-8-19)28-15-13-26-14-16-28/h3-10,18,23,26H,12-17H2,1-2H3,(H,27,29). The number of piperazine rings is 1. The molecule has 1 fully saturated rings. The van der Waals surface area contributed by atoms with Crippen LogP contribution < -0.4 is 20.3 Å². The Morgan fingerprint density at radius 2 is 1.87 bits per heavy atom. The van der Waals surface area contributed by atoms with Crippen LogP contribution in [0.25, 0.3) is 11.1 Å². The van der Waals surface area contributed by atoms with E-state index in [1.54, 1.807) is 0 Å². The molecule has 0 aliphatic carbocycles. The fraction of sp³-hybridized carbons (Fsp3) is 0.417. The SMILES string of the molecule is CC(C)CC(Oc1ccccc1-c1ccc(N2CCNCC2)cc1)C(=O)NCC#N. The van der Waals surface area contributed by atoms with Gasteiger partial charge in [0.05, 0.1) is 6.07 Å². The van der Waals surface area contributed by atoms with Crippen molar-refractivity contribution in [3.05, 3.63) is 48.5 Å². The van der Waals surface area contributed by atoms with E-state index in [-0.39, 0.29) is 18.4 Å². The predicted octanol–water partition coefficient (Wildman–Crippen LogP) is 3.20. The number of ether oxygens (including phenoxy) is 1. The van der Waals surface area contributed by atoms with Crippen molar-refractivity contribution in [2.24, 2.45) is 5.92 Å². The highest BCUT2D eigenvalue weighted by atomic mass is 16.5. The lowest BCUT2D eigenvalue weighted by atomic mass is 10.0. The Balaban J connectivity index is 1.80. The summed E-state index contributed by atoms with van der Waals surface area (Å²) in [5, 5.41) is 14.8. The predicted molar refractivity (Wildman–Crippen MR) is 119 cm³/mol. The minimum Gasteiger partial charge on any atom is -0.480 e. The van der Waals surface area contributed by atoms with Gasteiger partial charge in [0.1, 0.15) is 12.3 Å². The number of hydrogen-bond acceptors (Lipinski definition) is 5. The average Bonchev–Trinajstić information content (AvgIpc) is 2.78. The molecule has 1 aliphatic rings. The first kappa shape index (κ1) is 21.7. The van der Waals surface area contributed by atoms with Crippen LogP contribution in [0.2, 0.25) is 0 Å². The zero-order valence-corrected chi connectivity index (χ0v) is 17.7. The van der Waals surface area contributed by atoms with E-state index in [0.29, 0.717) is 12.2 Å². The molecule has 0 saturated carbocycles. The lowest BCUT2D eigenvalue weighted by molar-refractivity contribution is -0.128. The summed E-state index contributed by atoms with van der Waals surface area (Å²) >= 11 is 0. The van der Waals surface area contributed by atoms with Crippen LogP contribution in [0.3, 0.4) is 0 Å². The van der Waals surface area contributed by atoms with Crippen molar-refractivity contribution in [3.8, 4) is 22.9 Å². The van der Waals surface area contributed by atoms with Gasteiger partial charge in [-0.05, 0) is 36.1 Å². The number of anilines is 1. The Labute approximate surface area is 178 Å². The van der Waals surface area contributed by atoms with E-state index in [2.05, 4.69) is 53.6 Å². The molecule has 6 nitrogen and oxygen atoms in total. The van der Waals surface area contributed by atoms with Gasteiger partial charge in [0, 0.05) is 37.4 Å². The van der Waals surface area contributed by atoms with Crippen LogP contribution in [0.5, 0.6) is 5.75 Å². The fourth-order valence-corrected chi connectivity index (χ4v) is 3.61. The third-order valence-corrected chi connectivity index (χ3v) is 5.14. The molecule has 3 rings (SSSR count). The van der Waals surface area contributed by atoms with Crippen molar-refractivity contribution in [2.45, 2.75) is 26.4 Å². The molecule has 30 heavy (non-hydrogen) atoms. The first-order valence-electron chi connectivity index (χ1n) is 10.5. The number of nitriles is 1. The molecule has 1 amide bonds. The molecule has 0 aromatic heterocycles. The topological polar surface area (TPSA) is 77.4 Å².